The van der Waals surface area contributed by atoms with Gasteiger partial charge in [-0.2, -0.15) is 0 Å². The van der Waals surface area contributed by atoms with E-state index in [1.54, 1.807) is 13.1 Å². The number of amides is 2. The number of piperidine rings is 1. The number of nitrogens with one attached hydrogen (secondary N) is 3. The normalized spacial score (nSPS) is 15.6. The Morgan fingerprint density at radius 2 is 2.03 bits per heavy atom. The molecule has 0 saturated carbocycles. The minimum atomic E-state index is -0.0404. The Morgan fingerprint density at radius 3 is 2.83 bits per heavy atom. The monoisotopic (exact) mass is 506 g/mol. The number of aromatic amines is 1. The van der Waals surface area contributed by atoms with Crippen LogP contribution in [0.5, 0.6) is 5.75 Å². The highest BCUT2D eigenvalue weighted by atomic mass is 35.5. The summed E-state index contributed by atoms with van der Waals surface area (Å²) in [6.07, 6.45) is 3.07. The minimum Gasteiger partial charge on any atom is -0.487 e. The van der Waals surface area contributed by atoms with E-state index in [9.17, 15) is 4.79 Å². The summed E-state index contributed by atoms with van der Waals surface area (Å²) in [7, 11) is 1.67. The van der Waals surface area contributed by atoms with E-state index in [1.807, 2.05) is 59.5 Å². The van der Waals surface area contributed by atoms with Crippen molar-refractivity contribution < 1.29 is 11.0 Å². The zero-order chi connectivity index (χ0) is 24.9. The molecule has 1 fully saturated rings. The maximum absolute atomic E-state index is 12.4. The predicted molar refractivity (Wildman–Crippen MR) is 145 cm³/mol. The molecular formula is C27H31ClN6O2. The molecule has 1 saturated heterocycles. The topological polar surface area (TPSA) is 95.2 Å². The van der Waals surface area contributed by atoms with Crippen LogP contribution in [0, 0.1) is 0 Å². The Hall–Kier alpha value is -3.78. The second-order valence-corrected chi connectivity index (χ2v) is 9.28. The summed E-state index contributed by atoms with van der Waals surface area (Å²) in [4.78, 5) is 27.3. The number of likely N-dealkylation sites (tertiary alicyclic amines) is 1. The van der Waals surface area contributed by atoms with Gasteiger partial charge >= 0.3 is 6.03 Å². The highest BCUT2D eigenvalue weighted by Crippen LogP contribution is 2.27. The van der Waals surface area contributed by atoms with Crippen LogP contribution in [0.2, 0.25) is 5.02 Å². The van der Waals surface area contributed by atoms with Crippen molar-refractivity contribution in [3.8, 4) is 17.1 Å². The highest BCUT2D eigenvalue weighted by molar-refractivity contribution is 6.30. The molecule has 0 radical (unpaired) electrons. The highest BCUT2D eigenvalue weighted by Gasteiger charge is 2.26. The fourth-order valence-corrected chi connectivity index (χ4v) is 4.73. The maximum atomic E-state index is 12.4. The molecule has 1 aliphatic rings. The summed E-state index contributed by atoms with van der Waals surface area (Å²) >= 11 is 6.08. The Kier molecular flexibility index (Phi) is 7.23. The first-order valence-corrected chi connectivity index (χ1v) is 12.5. The first kappa shape index (κ1) is 23.9. The van der Waals surface area contributed by atoms with E-state index in [0.717, 1.165) is 53.9 Å². The van der Waals surface area contributed by atoms with Crippen LogP contribution in [0.4, 0.5) is 10.6 Å². The third-order valence-corrected chi connectivity index (χ3v) is 6.61. The number of hydrogen-bond donors (Lipinski definition) is 3. The van der Waals surface area contributed by atoms with Crippen LogP contribution in [0.25, 0.3) is 22.4 Å². The smallest absolute Gasteiger partial charge is 0.317 e. The van der Waals surface area contributed by atoms with E-state index >= 15 is 0 Å². The molecule has 36 heavy (non-hydrogen) atoms. The molecule has 0 spiro atoms. The number of rotatable bonds is 7. The van der Waals surface area contributed by atoms with Crippen molar-refractivity contribution in [3.63, 3.8) is 0 Å². The van der Waals surface area contributed by atoms with Gasteiger partial charge in [0, 0.05) is 32.1 Å². The first-order valence-electron chi connectivity index (χ1n) is 12.2. The van der Waals surface area contributed by atoms with Gasteiger partial charge in [0.25, 0.3) is 0 Å². The molecule has 3 heterocycles. The molecule has 1 aliphatic heterocycles. The molecule has 5 rings (SSSR count). The van der Waals surface area contributed by atoms with Crippen LogP contribution in [0.15, 0.2) is 60.7 Å². The quantitative estimate of drug-likeness (QED) is 0.298. The number of halogens is 1. The minimum absolute atomic E-state index is 0. The molecule has 0 bridgehead atoms. The number of urea groups is 1. The number of aromatic nitrogens is 3. The number of carbonyl (C=O) groups excluding carboxylic acids is 1. The van der Waals surface area contributed by atoms with Gasteiger partial charge in [-0.3, -0.25) is 0 Å². The Bertz CT molecular complexity index is 1350. The summed E-state index contributed by atoms with van der Waals surface area (Å²) in [6.45, 7) is 1.70. The average molecular weight is 507 g/mol. The van der Waals surface area contributed by atoms with Gasteiger partial charge in [-0.1, -0.05) is 48.0 Å². The molecule has 0 aliphatic carbocycles. The number of H-pyrrole nitrogens is 1. The van der Waals surface area contributed by atoms with Gasteiger partial charge < -0.3 is 25.3 Å². The van der Waals surface area contributed by atoms with Crippen LogP contribution in [-0.2, 0) is 6.61 Å². The molecule has 2 amide bonds. The Morgan fingerprint density at radius 1 is 1.17 bits per heavy atom. The number of carbonyl (C=O) groups is 1. The van der Waals surface area contributed by atoms with E-state index in [2.05, 4.69) is 15.6 Å². The van der Waals surface area contributed by atoms with E-state index in [-0.39, 0.29) is 13.5 Å². The number of anilines is 1. The summed E-state index contributed by atoms with van der Waals surface area (Å²) in [6, 6.07) is 19.3. The molecular weight excluding hydrogens is 476 g/mol. The summed E-state index contributed by atoms with van der Waals surface area (Å²) < 4.78 is 5.93. The largest absolute Gasteiger partial charge is 0.487 e. The molecule has 2 aromatic heterocycles. The number of benzene rings is 2. The standard InChI is InChI=1S/C27H29ClN6O2.H2/c1-29-27(35)34-13-6-5-11-21(34)16-30-25-23-15-20(17-36-22-12-7-10-19(28)14-22)31-26(23)33-24(32-25)18-8-3-2-4-9-18;/h2-4,7-10,12,14-15,21H,5-6,11,13,16-17H2,1H3,(H,29,35)(H2,30,31,32,33);1H. The van der Waals surface area contributed by atoms with Gasteiger partial charge in [-0.15, -0.1) is 0 Å². The van der Waals surface area contributed by atoms with Gasteiger partial charge in [-0.25, -0.2) is 14.8 Å². The number of nitrogens with zero attached hydrogens (tertiary/aromatic N) is 3. The lowest BCUT2D eigenvalue weighted by Crippen LogP contribution is -2.50. The van der Waals surface area contributed by atoms with Crippen molar-refractivity contribution in [1.82, 2.24) is 25.2 Å². The lowest BCUT2D eigenvalue weighted by molar-refractivity contribution is 0.157. The van der Waals surface area contributed by atoms with Gasteiger partial charge in [0.2, 0.25) is 0 Å². The van der Waals surface area contributed by atoms with Crippen LogP contribution in [-0.4, -0.2) is 52.1 Å². The fraction of sp³-hybridized carbons (Fsp3) is 0.296. The number of hydrogen-bond acceptors (Lipinski definition) is 5. The van der Waals surface area contributed by atoms with Crippen molar-refractivity contribution in [3.05, 3.63) is 71.4 Å². The zero-order valence-electron chi connectivity index (χ0n) is 20.1. The summed E-state index contributed by atoms with van der Waals surface area (Å²) in [5, 5.41) is 7.79. The molecule has 1 atom stereocenters. The van der Waals surface area contributed by atoms with Gasteiger partial charge in [0.1, 0.15) is 23.8 Å². The molecule has 9 heteroatoms. The number of ether oxygens (including phenoxy) is 1. The molecule has 1 unspecified atom stereocenters. The second kappa shape index (κ2) is 10.9. The molecule has 188 valence electrons. The van der Waals surface area contributed by atoms with Crippen molar-refractivity contribution >= 4 is 34.5 Å². The SMILES string of the molecule is CNC(=O)N1CCCCC1CNc1nc(-c2ccccc2)nc2[nH]c(COc3cccc(Cl)c3)cc12.[HH]. The van der Waals surface area contributed by atoms with E-state index in [4.69, 9.17) is 26.3 Å². The molecule has 3 N–H and O–H groups in total. The van der Waals surface area contributed by atoms with Gasteiger partial charge in [-0.05, 0) is 43.5 Å². The maximum Gasteiger partial charge on any atom is 0.317 e. The summed E-state index contributed by atoms with van der Waals surface area (Å²) in [5.74, 6) is 2.05. The van der Waals surface area contributed by atoms with E-state index in [1.165, 1.54) is 0 Å². The molecule has 4 aromatic rings. The van der Waals surface area contributed by atoms with Gasteiger partial charge in [0.15, 0.2) is 5.82 Å². The molecule has 2 aromatic carbocycles. The van der Waals surface area contributed by atoms with Crippen LogP contribution in [0.1, 0.15) is 26.4 Å². The fourth-order valence-electron chi connectivity index (χ4n) is 4.55. The van der Waals surface area contributed by atoms with E-state index < -0.39 is 0 Å². The Balaban J connectivity index is 0.00000320. The van der Waals surface area contributed by atoms with Crippen LogP contribution >= 0.6 is 11.6 Å². The third kappa shape index (κ3) is 5.39. The van der Waals surface area contributed by atoms with Crippen molar-refractivity contribution in [2.75, 3.05) is 25.5 Å². The van der Waals surface area contributed by atoms with Gasteiger partial charge in [0.05, 0.1) is 17.1 Å². The predicted octanol–water partition coefficient (Wildman–Crippen LogP) is 5.71. The number of fused-ring (bicyclic) bond motifs is 1. The second-order valence-electron chi connectivity index (χ2n) is 8.84. The van der Waals surface area contributed by atoms with Crippen molar-refractivity contribution in [2.45, 2.75) is 31.9 Å². The lowest BCUT2D eigenvalue weighted by Gasteiger charge is -2.35. The Labute approximate surface area is 216 Å². The first-order chi connectivity index (χ1) is 17.6. The van der Waals surface area contributed by atoms with Crippen LogP contribution in [0.3, 0.4) is 0 Å². The average Bonchev–Trinajstić information content (AvgIpc) is 3.34. The summed E-state index contributed by atoms with van der Waals surface area (Å²) in [5.41, 5.74) is 2.53. The lowest BCUT2D eigenvalue weighted by atomic mass is 10.0. The van der Waals surface area contributed by atoms with Crippen molar-refractivity contribution in [1.29, 1.82) is 0 Å². The van der Waals surface area contributed by atoms with Crippen LogP contribution < -0.4 is 15.4 Å². The zero-order valence-corrected chi connectivity index (χ0v) is 20.9. The van der Waals surface area contributed by atoms with Crippen molar-refractivity contribution in [2.24, 2.45) is 0 Å². The third-order valence-electron chi connectivity index (χ3n) is 6.37. The van der Waals surface area contributed by atoms with E-state index in [0.29, 0.717) is 29.7 Å². The molecule has 8 nitrogen and oxygen atoms in total.